The van der Waals surface area contributed by atoms with E-state index in [1.807, 2.05) is 37.4 Å². The molecule has 248 valence electrons. The summed E-state index contributed by atoms with van der Waals surface area (Å²) in [5.41, 5.74) is 5.44. The molecule has 11 nitrogen and oxygen atoms in total. The van der Waals surface area contributed by atoms with Gasteiger partial charge in [-0.15, -0.1) is 0 Å². The second-order valence-electron chi connectivity index (χ2n) is 11.5. The highest BCUT2D eigenvalue weighted by atomic mass is 19.4. The van der Waals surface area contributed by atoms with Gasteiger partial charge in [0.05, 0.1) is 29.9 Å². The maximum atomic E-state index is 12.5. The molecule has 0 radical (unpaired) electrons. The monoisotopic (exact) mass is 651 g/mol. The number of anilines is 4. The van der Waals surface area contributed by atoms with Gasteiger partial charge in [-0.25, -0.2) is 14.8 Å². The molecule has 14 heteroatoms. The molecule has 2 aliphatic rings. The Bertz CT molecular complexity index is 1810. The Morgan fingerprint density at radius 3 is 2.51 bits per heavy atom. The number of ether oxygens (including phenoxy) is 1. The van der Waals surface area contributed by atoms with Crippen molar-refractivity contribution in [3.05, 3.63) is 67.5 Å². The minimum absolute atomic E-state index is 0.180. The zero-order valence-corrected chi connectivity index (χ0v) is 26.3. The Morgan fingerprint density at radius 2 is 1.85 bits per heavy atom. The third kappa shape index (κ3) is 7.02. The van der Waals surface area contributed by atoms with E-state index < -0.39 is 12.1 Å². The first-order chi connectivity index (χ1) is 22.3. The average molecular weight is 652 g/mol. The van der Waals surface area contributed by atoms with Crippen LogP contribution >= 0.6 is 0 Å². The Hall–Kier alpha value is -5.11. The predicted octanol–water partition coefficient (Wildman–Crippen LogP) is 5.82. The number of hydrogen-bond donors (Lipinski definition) is 3. The molecule has 0 aliphatic carbocycles. The molecule has 6 rings (SSSR count). The summed E-state index contributed by atoms with van der Waals surface area (Å²) in [6.45, 7) is 6.59. The van der Waals surface area contributed by atoms with E-state index in [4.69, 9.17) is 19.6 Å². The Morgan fingerprint density at radius 1 is 1.11 bits per heavy atom. The van der Waals surface area contributed by atoms with Crippen molar-refractivity contribution < 1.29 is 32.6 Å². The number of aryl methyl sites for hydroxylation is 1. The minimum atomic E-state index is -5.08. The number of carboxylic acid groups (broad SMARTS) is 1. The lowest BCUT2D eigenvalue weighted by Crippen LogP contribution is -2.43. The third-order valence-corrected chi connectivity index (χ3v) is 8.70. The molecule has 1 amide bonds. The fourth-order valence-corrected chi connectivity index (χ4v) is 6.27. The van der Waals surface area contributed by atoms with E-state index >= 15 is 0 Å². The van der Waals surface area contributed by atoms with Crippen molar-refractivity contribution in [2.24, 2.45) is 7.05 Å². The molecule has 2 aromatic heterocycles. The summed E-state index contributed by atoms with van der Waals surface area (Å²) < 4.78 is 39.7. The van der Waals surface area contributed by atoms with Gasteiger partial charge in [0.2, 0.25) is 11.9 Å². The fraction of sp³-hybridized carbons (Fsp3) is 0.333. The highest BCUT2D eigenvalue weighted by Gasteiger charge is 2.44. The Kier molecular flexibility index (Phi) is 9.43. The lowest BCUT2D eigenvalue weighted by Gasteiger charge is -2.33. The van der Waals surface area contributed by atoms with Crippen molar-refractivity contribution >= 4 is 45.8 Å². The standard InChI is InChI=1S/C31H35N7O2.C2HF3O2/c1-5-29(39)33-24-17-25(28(40-4)18-27(24)38-16-13-31(20-38)12-8-15-37(31)3)35-30-32-14-11-23(34-30)22-19-36(2)26-10-7-6-9-21(22)26;3-2(4,5)1(6)7/h5-7,9-11,14,17-19H,1,8,12-13,15-16,20H2,2-4H3,(H,33,39)(H,32,34,35);(H,6,7). The molecule has 2 aliphatic heterocycles. The SMILES string of the molecule is C=CC(=O)Nc1cc(Nc2nccc(-c3cn(C)c4ccccc34)n2)c(OC)cc1N1CCC2(CCCN2C)C1.O=C(O)C(F)(F)F. The van der Waals surface area contributed by atoms with Crippen LogP contribution in [0.5, 0.6) is 5.75 Å². The number of benzene rings is 2. The number of fused-ring (bicyclic) bond motifs is 1. The van der Waals surface area contributed by atoms with Gasteiger partial charge in [-0.05, 0) is 57.1 Å². The van der Waals surface area contributed by atoms with E-state index in [9.17, 15) is 18.0 Å². The average Bonchev–Trinajstić information content (AvgIpc) is 3.74. The molecular weight excluding hydrogens is 615 g/mol. The third-order valence-electron chi connectivity index (χ3n) is 8.70. The minimum Gasteiger partial charge on any atom is -0.494 e. The van der Waals surface area contributed by atoms with Crippen molar-refractivity contribution in [2.45, 2.75) is 31.0 Å². The largest absolute Gasteiger partial charge is 0.494 e. The summed E-state index contributed by atoms with van der Waals surface area (Å²) in [6.07, 6.45) is 3.53. The molecule has 1 atom stereocenters. The number of aliphatic carboxylic acids is 1. The number of hydrogen-bond acceptors (Lipinski definition) is 8. The zero-order chi connectivity index (χ0) is 33.9. The molecule has 2 fully saturated rings. The van der Waals surface area contributed by atoms with E-state index in [1.54, 1.807) is 13.3 Å². The van der Waals surface area contributed by atoms with Crippen LogP contribution in [0.25, 0.3) is 22.2 Å². The fourth-order valence-electron chi connectivity index (χ4n) is 6.27. The highest BCUT2D eigenvalue weighted by Crippen LogP contribution is 2.44. The summed E-state index contributed by atoms with van der Waals surface area (Å²) in [4.78, 5) is 35.5. The van der Waals surface area contributed by atoms with Gasteiger partial charge >= 0.3 is 12.1 Å². The van der Waals surface area contributed by atoms with Gasteiger partial charge in [0.15, 0.2) is 0 Å². The van der Waals surface area contributed by atoms with E-state index in [0.717, 1.165) is 53.9 Å². The smallest absolute Gasteiger partial charge is 0.490 e. The number of alkyl halides is 3. The van der Waals surface area contributed by atoms with Crippen LogP contribution in [-0.4, -0.2) is 81.9 Å². The molecule has 2 aromatic carbocycles. The quantitative estimate of drug-likeness (QED) is 0.212. The van der Waals surface area contributed by atoms with E-state index in [2.05, 4.69) is 61.9 Å². The van der Waals surface area contributed by atoms with Crippen molar-refractivity contribution in [1.29, 1.82) is 0 Å². The lowest BCUT2D eigenvalue weighted by molar-refractivity contribution is -0.192. The molecular formula is C33H36F3N7O4. The van der Waals surface area contributed by atoms with E-state index in [1.165, 1.54) is 18.9 Å². The van der Waals surface area contributed by atoms with Gasteiger partial charge < -0.3 is 29.9 Å². The highest BCUT2D eigenvalue weighted by molar-refractivity contribution is 6.02. The first kappa shape index (κ1) is 33.3. The number of nitrogens with one attached hydrogen (secondary N) is 2. The number of aromatic nitrogens is 3. The number of methoxy groups -OCH3 is 1. The Balaban J connectivity index is 0.000000559. The number of carbonyl (C=O) groups excluding carboxylic acids is 1. The number of likely N-dealkylation sites (tertiary alicyclic amines) is 1. The second-order valence-corrected chi connectivity index (χ2v) is 11.5. The molecule has 0 saturated carbocycles. The summed E-state index contributed by atoms with van der Waals surface area (Å²) >= 11 is 0. The lowest BCUT2D eigenvalue weighted by atomic mass is 9.96. The van der Waals surface area contributed by atoms with E-state index in [-0.39, 0.29) is 11.4 Å². The molecule has 47 heavy (non-hydrogen) atoms. The maximum Gasteiger partial charge on any atom is 0.490 e. The van der Waals surface area contributed by atoms with Crippen LogP contribution in [0, 0.1) is 0 Å². The second kappa shape index (κ2) is 13.3. The number of amides is 1. The molecule has 3 N–H and O–H groups in total. The summed E-state index contributed by atoms with van der Waals surface area (Å²) in [7, 11) is 5.90. The van der Waals surface area contributed by atoms with E-state index in [0.29, 0.717) is 23.1 Å². The van der Waals surface area contributed by atoms with Crippen LogP contribution in [0.2, 0.25) is 0 Å². The normalized spacial score (nSPS) is 17.8. The van der Waals surface area contributed by atoms with Gasteiger partial charge in [-0.2, -0.15) is 13.2 Å². The van der Waals surface area contributed by atoms with Gasteiger partial charge in [-0.1, -0.05) is 24.8 Å². The van der Waals surface area contributed by atoms with Crippen LogP contribution in [0.3, 0.4) is 0 Å². The van der Waals surface area contributed by atoms with Crippen LogP contribution in [-0.2, 0) is 16.6 Å². The van der Waals surface area contributed by atoms with Crippen molar-refractivity contribution in [3.63, 3.8) is 0 Å². The van der Waals surface area contributed by atoms with Crippen LogP contribution in [0.1, 0.15) is 19.3 Å². The van der Waals surface area contributed by atoms with Crippen LogP contribution in [0.4, 0.5) is 36.2 Å². The van der Waals surface area contributed by atoms with Gasteiger partial charge in [0.1, 0.15) is 5.75 Å². The number of carbonyl (C=O) groups is 2. The van der Waals surface area contributed by atoms with Gasteiger partial charge in [-0.3, -0.25) is 9.69 Å². The number of rotatable bonds is 7. The van der Waals surface area contributed by atoms with Crippen molar-refractivity contribution in [1.82, 2.24) is 19.4 Å². The van der Waals surface area contributed by atoms with Crippen molar-refractivity contribution in [2.75, 3.05) is 49.3 Å². The molecule has 1 unspecified atom stereocenters. The summed E-state index contributed by atoms with van der Waals surface area (Å²) in [6, 6.07) is 14.1. The number of halogens is 3. The number of likely N-dealkylation sites (N-methyl/N-ethyl adjacent to an activating group) is 1. The first-order valence-corrected chi connectivity index (χ1v) is 14.9. The molecule has 2 saturated heterocycles. The molecule has 0 bridgehead atoms. The maximum absolute atomic E-state index is 12.5. The molecule has 1 spiro atoms. The molecule has 4 aromatic rings. The first-order valence-electron chi connectivity index (χ1n) is 14.9. The van der Waals surface area contributed by atoms with Crippen molar-refractivity contribution in [3.8, 4) is 17.0 Å². The summed E-state index contributed by atoms with van der Waals surface area (Å²) in [5, 5.41) is 14.6. The topological polar surface area (TPSA) is 125 Å². The number of carboxylic acids is 1. The van der Waals surface area contributed by atoms with Crippen LogP contribution < -0.4 is 20.3 Å². The zero-order valence-electron chi connectivity index (χ0n) is 26.3. The van der Waals surface area contributed by atoms with Gasteiger partial charge in [0.25, 0.3) is 0 Å². The Labute approximate surface area is 269 Å². The van der Waals surface area contributed by atoms with Crippen LogP contribution in [0.15, 0.2) is 67.5 Å². The predicted molar refractivity (Wildman–Crippen MR) is 174 cm³/mol. The van der Waals surface area contributed by atoms with Gasteiger partial charge in [0, 0.05) is 60.6 Å². The number of nitrogens with zero attached hydrogens (tertiary/aromatic N) is 5. The number of para-hydroxylation sites is 1. The summed E-state index contributed by atoms with van der Waals surface area (Å²) in [5.74, 6) is -1.94. The molecule has 4 heterocycles.